The molecule has 0 aliphatic carbocycles. The summed E-state index contributed by atoms with van der Waals surface area (Å²) >= 11 is 0. The van der Waals surface area contributed by atoms with Gasteiger partial charge in [-0.2, -0.15) is 0 Å². The fraction of sp³-hybridized carbons (Fsp3) is 0.133. The number of carbonyl (C=O) groups excluding carboxylic acids is 1. The Morgan fingerprint density at radius 2 is 2.23 bits per heavy atom. The van der Waals surface area contributed by atoms with Crippen molar-refractivity contribution >= 4 is 22.6 Å². The van der Waals surface area contributed by atoms with Crippen LogP contribution in [-0.2, 0) is 6.54 Å². The lowest BCUT2D eigenvalue weighted by Crippen LogP contribution is -2.21. The van der Waals surface area contributed by atoms with E-state index in [0.717, 1.165) is 0 Å². The van der Waals surface area contributed by atoms with Crippen LogP contribution in [0.2, 0.25) is 0 Å². The molecule has 3 aromatic rings. The van der Waals surface area contributed by atoms with Crippen LogP contribution < -0.4 is 16.7 Å². The number of rotatable bonds is 4. The van der Waals surface area contributed by atoms with Crippen molar-refractivity contribution in [3.8, 4) is 0 Å². The maximum Gasteiger partial charge on any atom is 0.326 e. The third-order valence-electron chi connectivity index (χ3n) is 3.31. The fourth-order valence-corrected chi connectivity index (χ4v) is 2.29. The molecule has 2 heterocycles. The largest absolute Gasteiger partial charge is 0.329 e. The van der Waals surface area contributed by atoms with Gasteiger partial charge < -0.3 is 16.0 Å². The number of aromatic nitrogens is 3. The Morgan fingerprint density at radius 1 is 1.36 bits per heavy atom. The number of hydrogen-bond donors (Lipinski definition) is 3. The molecule has 4 N–H and O–H groups in total. The summed E-state index contributed by atoms with van der Waals surface area (Å²) in [4.78, 5) is 30.8. The highest BCUT2D eigenvalue weighted by molar-refractivity contribution is 6.05. The lowest BCUT2D eigenvalue weighted by atomic mass is 10.2. The highest BCUT2D eigenvalue weighted by atomic mass is 16.2. The molecule has 112 valence electrons. The zero-order valence-electron chi connectivity index (χ0n) is 11.7. The molecule has 0 fully saturated rings. The highest BCUT2D eigenvalue weighted by Crippen LogP contribution is 2.14. The molecule has 0 aliphatic rings. The number of pyridine rings is 1. The van der Waals surface area contributed by atoms with Crippen molar-refractivity contribution in [3.63, 3.8) is 0 Å². The number of aromatic amines is 1. The zero-order chi connectivity index (χ0) is 15.5. The van der Waals surface area contributed by atoms with E-state index in [1.165, 1.54) is 4.57 Å². The van der Waals surface area contributed by atoms with Gasteiger partial charge in [-0.05, 0) is 30.3 Å². The number of hydrogen-bond acceptors (Lipinski definition) is 4. The van der Waals surface area contributed by atoms with Crippen LogP contribution in [0.15, 0.2) is 47.5 Å². The summed E-state index contributed by atoms with van der Waals surface area (Å²) in [5.41, 5.74) is 7.70. The number of anilines is 1. The summed E-state index contributed by atoms with van der Waals surface area (Å²) in [6.07, 6.45) is 3.20. The SMILES string of the molecule is NCCn1c(=O)[nH]c2ccc(C(=O)Nc3cccnc3)cc21. The molecule has 0 bridgehead atoms. The average molecular weight is 297 g/mol. The monoisotopic (exact) mass is 297 g/mol. The van der Waals surface area contributed by atoms with Crippen LogP contribution in [0.25, 0.3) is 11.0 Å². The second-order valence-corrected chi connectivity index (χ2v) is 4.80. The van der Waals surface area contributed by atoms with E-state index in [-0.39, 0.29) is 11.6 Å². The van der Waals surface area contributed by atoms with Crippen LogP contribution in [0.1, 0.15) is 10.4 Å². The lowest BCUT2D eigenvalue weighted by molar-refractivity contribution is 0.102. The van der Waals surface area contributed by atoms with Gasteiger partial charge in [0.25, 0.3) is 5.91 Å². The van der Waals surface area contributed by atoms with Gasteiger partial charge in [0.1, 0.15) is 0 Å². The Morgan fingerprint density at radius 3 is 2.95 bits per heavy atom. The molecule has 0 saturated heterocycles. The third-order valence-corrected chi connectivity index (χ3v) is 3.31. The lowest BCUT2D eigenvalue weighted by Gasteiger charge is -2.06. The number of amides is 1. The molecule has 7 nitrogen and oxygen atoms in total. The van der Waals surface area contributed by atoms with Gasteiger partial charge in [0, 0.05) is 24.8 Å². The van der Waals surface area contributed by atoms with E-state index in [1.54, 1.807) is 42.7 Å². The van der Waals surface area contributed by atoms with Gasteiger partial charge in [0.2, 0.25) is 0 Å². The smallest absolute Gasteiger partial charge is 0.326 e. The Kier molecular flexibility index (Phi) is 3.71. The minimum absolute atomic E-state index is 0.231. The predicted octanol–water partition coefficient (Wildman–Crippen LogP) is 0.936. The number of nitrogens with one attached hydrogen (secondary N) is 2. The molecular weight excluding hydrogens is 282 g/mol. The normalized spacial score (nSPS) is 10.8. The summed E-state index contributed by atoms with van der Waals surface area (Å²) in [6, 6.07) is 8.54. The first kappa shape index (κ1) is 14.0. The molecule has 7 heteroatoms. The Hall–Kier alpha value is -2.93. The van der Waals surface area contributed by atoms with Gasteiger partial charge in [0.15, 0.2) is 0 Å². The summed E-state index contributed by atoms with van der Waals surface area (Å²) in [5, 5.41) is 2.76. The molecule has 0 unspecified atom stereocenters. The minimum atomic E-state index is -0.261. The maximum absolute atomic E-state index is 12.3. The molecule has 1 aromatic carbocycles. The van der Waals surface area contributed by atoms with Crippen molar-refractivity contribution < 1.29 is 4.79 Å². The second kappa shape index (κ2) is 5.82. The van der Waals surface area contributed by atoms with E-state index in [9.17, 15) is 9.59 Å². The van der Waals surface area contributed by atoms with Crippen LogP contribution in [0.4, 0.5) is 5.69 Å². The van der Waals surface area contributed by atoms with Gasteiger partial charge in [0.05, 0.1) is 22.9 Å². The van der Waals surface area contributed by atoms with Crippen LogP contribution in [-0.4, -0.2) is 27.0 Å². The van der Waals surface area contributed by atoms with Crippen molar-refractivity contribution in [1.82, 2.24) is 14.5 Å². The highest BCUT2D eigenvalue weighted by Gasteiger charge is 2.11. The van der Waals surface area contributed by atoms with Crippen LogP contribution >= 0.6 is 0 Å². The van der Waals surface area contributed by atoms with Crippen molar-refractivity contribution in [3.05, 3.63) is 58.8 Å². The van der Waals surface area contributed by atoms with Gasteiger partial charge in [-0.25, -0.2) is 4.79 Å². The number of fused-ring (bicyclic) bond motifs is 1. The Labute approximate surface area is 125 Å². The number of benzene rings is 1. The first-order valence-electron chi connectivity index (χ1n) is 6.83. The molecular formula is C15H15N5O2. The summed E-state index contributed by atoms with van der Waals surface area (Å²) in [5.74, 6) is -0.261. The fourth-order valence-electron chi connectivity index (χ4n) is 2.29. The summed E-state index contributed by atoms with van der Waals surface area (Å²) in [6.45, 7) is 0.742. The first-order chi connectivity index (χ1) is 10.7. The van der Waals surface area contributed by atoms with E-state index in [4.69, 9.17) is 5.73 Å². The Balaban J connectivity index is 1.95. The van der Waals surface area contributed by atoms with Crippen molar-refractivity contribution in [2.45, 2.75) is 6.54 Å². The van der Waals surface area contributed by atoms with Gasteiger partial charge in [-0.15, -0.1) is 0 Å². The quantitative estimate of drug-likeness (QED) is 0.666. The number of H-pyrrole nitrogens is 1. The number of imidazole rings is 1. The number of carbonyl (C=O) groups is 1. The predicted molar refractivity (Wildman–Crippen MR) is 83.8 cm³/mol. The molecule has 0 spiro atoms. The third kappa shape index (κ3) is 2.61. The van der Waals surface area contributed by atoms with Gasteiger partial charge in [-0.3, -0.25) is 14.3 Å². The van der Waals surface area contributed by atoms with Crippen LogP contribution in [0, 0.1) is 0 Å². The molecule has 0 radical (unpaired) electrons. The van der Waals surface area contributed by atoms with Crippen LogP contribution in [0.3, 0.4) is 0 Å². The molecule has 0 saturated carbocycles. The zero-order valence-corrected chi connectivity index (χ0v) is 11.7. The topological polar surface area (TPSA) is 106 Å². The van der Waals surface area contributed by atoms with Crippen molar-refractivity contribution in [2.24, 2.45) is 5.73 Å². The maximum atomic E-state index is 12.3. The molecule has 22 heavy (non-hydrogen) atoms. The molecule has 2 aromatic heterocycles. The molecule has 1 amide bonds. The minimum Gasteiger partial charge on any atom is -0.329 e. The van der Waals surface area contributed by atoms with Gasteiger partial charge >= 0.3 is 5.69 Å². The van der Waals surface area contributed by atoms with Crippen molar-refractivity contribution in [1.29, 1.82) is 0 Å². The standard InChI is InChI=1S/C15H15N5O2/c16-5-7-20-13-8-10(3-4-12(13)19-15(20)22)14(21)18-11-2-1-6-17-9-11/h1-4,6,8-9H,5,7,16H2,(H,18,21)(H,19,22). The van der Waals surface area contributed by atoms with E-state index in [1.807, 2.05) is 0 Å². The van der Waals surface area contributed by atoms with E-state index < -0.39 is 0 Å². The molecule has 3 rings (SSSR count). The number of nitrogens with two attached hydrogens (primary N) is 1. The molecule has 0 aliphatic heterocycles. The average Bonchev–Trinajstić information content (AvgIpc) is 2.84. The van der Waals surface area contributed by atoms with E-state index >= 15 is 0 Å². The first-order valence-corrected chi connectivity index (χ1v) is 6.83. The number of nitrogens with zero attached hydrogens (tertiary/aromatic N) is 2. The van der Waals surface area contributed by atoms with Gasteiger partial charge in [-0.1, -0.05) is 0 Å². The second-order valence-electron chi connectivity index (χ2n) is 4.80. The Bertz CT molecular complexity index is 867. The van der Waals surface area contributed by atoms with E-state index in [0.29, 0.717) is 35.4 Å². The summed E-state index contributed by atoms with van der Waals surface area (Å²) < 4.78 is 1.52. The van der Waals surface area contributed by atoms with Crippen molar-refractivity contribution in [2.75, 3.05) is 11.9 Å². The molecule has 0 atom stereocenters. The summed E-state index contributed by atoms with van der Waals surface area (Å²) in [7, 11) is 0. The van der Waals surface area contributed by atoms with E-state index in [2.05, 4.69) is 15.3 Å². The van der Waals surface area contributed by atoms with Crippen LogP contribution in [0.5, 0.6) is 0 Å².